The summed E-state index contributed by atoms with van der Waals surface area (Å²) in [6.07, 6.45) is 0. The SMILES string of the molecule is COc1ccccc1Nc1cc(C)nc2nc(C)ccc12. The van der Waals surface area contributed by atoms with E-state index in [1.807, 2.05) is 56.3 Å². The standard InChI is InChI=1S/C17H17N3O/c1-11-8-9-13-15(10-12(2)19-17(13)18-11)20-14-6-4-5-7-16(14)21-3/h4-10H,1-3H3,(H,18,19,20). The van der Waals surface area contributed by atoms with Gasteiger partial charge in [-0.2, -0.15) is 0 Å². The van der Waals surface area contributed by atoms with E-state index in [1.54, 1.807) is 7.11 Å². The Morgan fingerprint density at radius 3 is 2.48 bits per heavy atom. The molecule has 0 radical (unpaired) electrons. The van der Waals surface area contributed by atoms with Gasteiger partial charge in [-0.3, -0.25) is 0 Å². The number of pyridine rings is 2. The third kappa shape index (κ3) is 2.65. The van der Waals surface area contributed by atoms with Crippen molar-refractivity contribution in [1.29, 1.82) is 0 Å². The number of rotatable bonds is 3. The van der Waals surface area contributed by atoms with Crippen LogP contribution in [0.25, 0.3) is 11.0 Å². The Hall–Kier alpha value is -2.62. The minimum Gasteiger partial charge on any atom is -0.495 e. The number of benzene rings is 1. The Morgan fingerprint density at radius 2 is 1.67 bits per heavy atom. The lowest BCUT2D eigenvalue weighted by atomic mass is 10.2. The molecule has 0 unspecified atom stereocenters. The highest BCUT2D eigenvalue weighted by Crippen LogP contribution is 2.30. The highest BCUT2D eigenvalue weighted by Gasteiger charge is 2.08. The minimum atomic E-state index is 0.757. The van der Waals surface area contributed by atoms with Crippen molar-refractivity contribution in [2.45, 2.75) is 13.8 Å². The number of aromatic nitrogens is 2. The quantitative estimate of drug-likeness (QED) is 0.787. The van der Waals surface area contributed by atoms with Crippen LogP contribution in [0, 0.1) is 13.8 Å². The van der Waals surface area contributed by atoms with Gasteiger partial charge in [-0.15, -0.1) is 0 Å². The van der Waals surface area contributed by atoms with Crippen LogP contribution in [0.2, 0.25) is 0 Å². The molecule has 0 aliphatic rings. The molecule has 3 aromatic rings. The van der Waals surface area contributed by atoms with Crippen molar-refractivity contribution in [2.75, 3.05) is 12.4 Å². The lowest BCUT2D eigenvalue weighted by molar-refractivity contribution is 0.417. The fraction of sp³-hybridized carbons (Fsp3) is 0.176. The van der Waals surface area contributed by atoms with Crippen molar-refractivity contribution in [3.05, 3.63) is 53.9 Å². The van der Waals surface area contributed by atoms with Gasteiger partial charge in [-0.25, -0.2) is 9.97 Å². The summed E-state index contributed by atoms with van der Waals surface area (Å²) in [5, 5.41) is 4.42. The lowest BCUT2D eigenvalue weighted by Gasteiger charge is -2.13. The highest BCUT2D eigenvalue weighted by atomic mass is 16.5. The third-order valence-electron chi connectivity index (χ3n) is 3.32. The maximum atomic E-state index is 5.39. The van der Waals surface area contributed by atoms with Crippen molar-refractivity contribution in [3.8, 4) is 5.75 Å². The average Bonchev–Trinajstić information content (AvgIpc) is 2.47. The average molecular weight is 279 g/mol. The van der Waals surface area contributed by atoms with Gasteiger partial charge in [-0.1, -0.05) is 12.1 Å². The lowest BCUT2D eigenvalue weighted by Crippen LogP contribution is -1.98. The molecule has 4 nitrogen and oxygen atoms in total. The number of hydrogen-bond donors (Lipinski definition) is 1. The van der Waals surface area contributed by atoms with E-state index in [-0.39, 0.29) is 0 Å². The first-order valence-electron chi connectivity index (χ1n) is 6.82. The first kappa shape index (κ1) is 13.4. The monoisotopic (exact) mass is 279 g/mol. The molecule has 0 amide bonds. The fourth-order valence-electron chi connectivity index (χ4n) is 2.32. The van der Waals surface area contributed by atoms with Gasteiger partial charge in [0.25, 0.3) is 0 Å². The second-order valence-corrected chi connectivity index (χ2v) is 4.96. The zero-order chi connectivity index (χ0) is 14.8. The molecule has 0 fully saturated rings. The zero-order valence-electron chi connectivity index (χ0n) is 12.3. The molecule has 1 aromatic carbocycles. The Kier molecular flexibility index (Phi) is 3.44. The molecule has 0 spiro atoms. The first-order valence-corrected chi connectivity index (χ1v) is 6.82. The highest BCUT2D eigenvalue weighted by molar-refractivity contribution is 5.91. The Labute approximate surface area is 123 Å². The molecule has 1 N–H and O–H groups in total. The molecular weight excluding hydrogens is 262 g/mol. The molecule has 0 bridgehead atoms. The molecule has 2 heterocycles. The van der Waals surface area contributed by atoms with E-state index in [0.717, 1.165) is 39.5 Å². The van der Waals surface area contributed by atoms with E-state index >= 15 is 0 Å². The molecule has 106 valence electrons. The van der Waals surface area contributed by atoms with Gasteiger partial charge in [0.15, 0.2) is 5.65 Å². The number of fused-ring (bicyclic) bond motifs is 1. The number of para-hydroxylation sites is 2. The summed E-state index contributed by atoms with van der Waals surface area (Å²) in [7, 11) is 1.67. The van der Waals surface area contributed by atoms with E-state index < -0.39 is 0 Å². The summed E-state index contributed by atoms with van der Waals surface area (Å²) in [4.78, 5) is 9.00. The smallest absolute Gasteiger partial charge is 0.161 e. The van der Waals surface area contributed by atoms with Crippen LogP contribution >= 0.6 is 0 Å². The van der Waals surface area contributed by atoms with Crippen LogP contribution in [-0.2, 0) is 0 Å². The van der Waals surface area contributed by atoms with Crippen molar-refractivity contribution >= 4 is 22.4 Å². The van der Waals surface area contributed by atoms with Crippen LogP contribution < -0.4 is 10.1 Å². The topological polar surface area (TPSA) is 47.0 Å². The van der Waals surface area contributed by atoms with Gasteiger partial charge in [0, 0.05) is 16.8 Å². The van der Waals surface area contributed by atoms with Gasteiger partial charge in [0.2, 0.25) is 0 Å². The molecule has 2 aromatic heterocycles. The first-order chi connectivity index (χ1) is 10.2. The van der Waals surface area contributed by atoms with Gasteiger partial charge < -0.3 is 10.1 Å². The number of nitrogens with one attached hydrogen (secondary N) is 1. The minimum absolute atomic E-state index is 0.757. The van der Waals surface area contributed by atoms with Crippen LogP contribution in [0.5, 0.6) is 5.75 Å². The Bertz CT molecular complexity index is 794. The largest absolute Gasteiger partial charge is 0.495 e. The van der Waals surface area contributed by atoms with Crippen molar-refractivity contribution in [3.63, 3.8) is 0 Å². The maximum absolute atomic E-state index is 5.39. The van der Waals surface area contributed by atoms with E-state index in [1.165, 1.54) is 0 Å². The summed E-state index contributed by atoms with van der Waals surface area (Å²) in [6, 6.07) is 13.9. The summed E-state index contributed by atoms with van der Waals surface area (Å²) in [5.74, 6) is 0.806. The number of methoxy groups -OCH3 is 1. The third-order valence-corrected chi connectivity index (χ3v) is 3.32. The molecule has 21 heavy (non-hydrogen) atoms. The summed E-state index contributed by atoms with van der Waals surface area (Å²) >= 11 is 0. The van der Waals surface area contributed by atoms with Crippen LogP contribution in [0.3, 0.4) is 0 Å². The zero-order valence-corrected chi connectivity index (χ0v) is 12.3. The summed E-state index contributed by atoms with van der Waals surface area (Å²) in [5.41, 5.74) is 4.55. The number of hydrogen-bond acceptors (Lipinski definition) is 4. The Balaban J connectivity index is 2.12. The summed E-state index contributed by atoms with van der Waals surface area (Å²) in [6.45, 7) is 3.94. The Morgan fingerprint density at radius 1 is 0.905 bits per heavy atom. The second-order valence-electron chi connectivity index (χ2n) is 4.96. The van der Waals surface area contributed by atoms with Crippen LogP contribution in [0.4, 0.5) is 11.4 Å². The number of aryl methyl sites for hydroxylation is 2. The molecule has 0 saturated heterocycles. The molecule has 0 saturated carbocycles. The van der Waals surface area contributed by atoms with Gasteiger partial charge in [-0.05, 0) is 44.2 Å². The normalized spacial score (nSPS) is 10.6. The molecule has 0 aliphatic carbocycles. The second kappa shape index (κ2) is 5.40. The van der Waals surface area contributed by atoms with E-state index in [4.69, 9.17) is 4.74 Å². The van der Waals surface area contributed by atoms with Crippen molar-refractivity contribution in [2.24, 2.45) is 0 Å². The van der Waals surface area contributed by atoms with E-state index in [0.29, 0.717) is 0 Å². The van der Waals surface area contributed by atoms with Crippen LogP contribution in [0.15, 0.2) is 42.5 Å². The van der Waals surface area contributed by atoms with Gasteiger partial charge >= 0.3 is 0 Å². The molecule has 4 heteroatoms. The van der Waals surface area contributed by atoms with E-state index in [2.05, 4.69) is 15.3 Å². The van der Waals surface area contributed by atoms with Crippen molar-refractivity contribution in [1.82, 2.24) is 9.97 Å². The van der Waals surface area contributed by atoms with Crippen LogP contribution in [-0.4, -0.2) is 17.1 Å². The molecule has 0 atom stereocenters. The fourth-order valence-corrected chi connectivity index (χ4v) is 2.32. The van der Waals surface area contributed by atoms with Gasteiger partial charge in [0.1, 0.15) is 5.75 Å². The number of nitrogens with zero attached hydrogens (tertiary/aromatic N) is 2. The number of ether oxygens (including phenoxy) is 1. The van der Waals surface area contributed by atoms with E-state index in [9.17, 15) is 0 Å². The number of anilines is 2. The summed E-state index contributed by atoms with van der Waals surface area (Å²) < 4.78 is 5.39. The maximum Gasteiger partial charge on any atom is 0.161 e. The molecule has 0 aliphatic heterocycles. The predicted octanol–water partition coefficient (Wildman–Crippen LogP) is 4.00. The predicted molar refractivity (Wildman–Crippen MR) is 85.3 cm³/mol. The van der Waals surface area contributed by atoms with Crippen molar-refractivity contribution < 1.29 is 4.74 Å². The van der Waals surface area contributed by atoms with Gasteiger partial charge in [0.05, 0.1) is 18.5 Å². The molecular formula is C17H17N3O. The van der Waals surface area contributed by atoms with Crippen LogP contribution in [0.1, 0.15) is 11.4 Å². The molecule has 3 rings (SSSR count).